The van der Waals surface area contributed by atoms with E-state index in [0.717, 1.165) is 17.8 Å². The fourth-order valence-electron chi connectivity index (χ4n) is 3.31. The SMILES string of the molecule is CC(C)c1[nH]c(=O)ccc1C(=O)N(Cc1ccccc1)CC1CCC1. The van der Waals surface area contributed by atoms with Crippen molar-refractivity contribution in [3.8, 4) is 0 Å². The Bertz CT molecular complexity index is 776. The number of amides is 1. The van der Waals surface area contributed by atoms with Crippen molar-refractivity contribution >= 4 is 5.91 Å². The van der Waals surface area contributed by atoms with E-state index >= 15 is 0 Å². The van der Waals surface area contributed by atoms with Crippen LogP contribution in [0, 0.1) is 5.92 Å². The summed E-state index contributed by atoms with van der Waals surface area (Å²) in [4.78, 5) is 29.7. The zero-order valence-electron chi connectivity index (χ0n) is 15.0. The van der Waals surface area contributed by atoms with Gasteiger partial charge in [0.2, 0.25) is 5.56 Å². The number of rotatable bonds is 6. The summed E-state index contributed by atoms with van der Waals surface area (Å²) in [5.41, 5.74) is 2.31. The van der Waals surface area contributed by atoms with E-state index in [1.165, 1.54) is 25.3 Å². The first-order valence-electron chi connectivity index (χ1n) is 9.11. The maximum Gasteiger partial charge on any atom is 0.255 e. The summed E-state index contributed by atoms with van der Waals surface area (Å²) >= 11 is 0. The molecule has 1 aromatic carbocycles. The molecule has 0 unspecified atom stereocenters. The number of hydrogen-bond donors (Lipinski definition) is 1. The summed E-state index contributed by atoms with van der Waals surface area (Å²) < 4.78 is 0. The average Bonchev–Trinajstić information content (AvgIpc) is 2.57. The fraction of sp³-hybridized carbons (Fsp3) is 0.429. The van der Waals surface area contributed by atoms with E-state index in [-0.39, 0.29) is 17.4 Å². The van der Waals surface area contributed by atoms with Gasteiger partial charge in [-0.1, -0.05) is 50.6 Å². The van der Waals surface area contributed by atoms with Crippen molar-refractivity contribution < 1.29 is 4.79 Å². The van der Waals surface area contributed by atoms with Crippen LogP contribution in [-0.4, -0.2) is 22.3 Å². The zero-order chi connectivity index (χ0) is 17.8. The number of carbonyl (C=O) groups is 1. The molecule has 0 saturated heterocycles. The molecule has 0 atom stereocenters. The van der Waals surface area contributed by atoms with E-state index in [1.807, 2.05) is 36.9 Å². The van der Waals surface area contributed by atoms with Crippen molar-refractivity contribution in [2.45, 2.75) is 45.6 Å². The van der Waals surface area contributed by atoms with Gasteiger partial charge in [0, 0.05) is 24.8 Å². The van der Waals surface area contributed by atoms with Crippen LogP contribution < -0.4 is 5.56 Å². The maximum atomic E-state index is 13.3. The summed E-state index contributed by atoms with van der Waals surface area (Å²) in [6.07, 6.45) is 3.65. The second kappa shape index (κ2) is 7.68. The summed E-state index contributed by atoms with van der Waals surface area (Å²) in [6, 6.07) is 13.2. The van der Waals surface area contributed by atoms with Gasteiger partial charge in [-0.15, -0.1) is 0 Å². The van der Waals surface area contributed by atoms with E-state index in [0.29, 0.717) is 18.0 Å². The topological polar surface area (TPSA) is 53.2 Å². The van der Waals surface area contributed by atoms with Gasteiger partial charge in [0.25, 0.3) is 5.91 Å². The van der Waals surface area contributed by atoms with Gasteiger partial charge in [-0.2, -0.15) is 0 Å². The Kier molecular flexibility index (Phi) is 5.37. The molecule has 1 N–H and O–H groups in total. The number of benzene rings is 1. The zero-order valence-corrected chi connectivity index (χ0v) is 15.0. The second-order valence-corrected chi connectivity index (χ2v) is 7.27. The molecular formula is C21H26N2O2. The lowest BCUT2D eigenvalue weighted by atomic mass is 9.85. The number of H-pyrrole nitrogens is 1. The Balaban J connectivity index is 1.89. The first-order chi connectivity index (χ1) is 12.0. The number of nitrogens with one attached hydrogen (secondary N) is 1. The third-order valence-electron chi connectivity index (χ3n) is 4.96. The van der Waals surface area contributed by atoms with Crippen molar-refractivity contribution in [2.75, 3.05) is 6.54 Å². The molecule has 1 aliphatic rings. The molecule has 0 spiro atoms. The molecule has 1 fully saturated rings. The standard InChI is InChI=1S/C21H26N2O2/c1-15(2)20-18(11-12-19(24)22-20)21(25)23(14-17-9-6-10-17)13-16-7-4-3-5-8-16/h3-5,7-8,11-12,15,17H,6,9-10,13-14H2,1-2H3,(H,22,24). The van der Waals surface area contributed by atoms with E-state index in [1.54, 1.807) is 6.07 Å². The molecule has 4 nitrogen and oxygen atoms in total. The number of aromatic nitrogens is 1. The molecule has 1 aliphatic carbocycles. The van der Waals surface area contributed by atoms with Gasteiger partial charge in [0.1, 0.15) is 0 Å². The molecule has 132 valence electrons. The van der Waals surface area contributed by atoms with Crippen LogP contribution >= 0.6 is 0 Å². The van der Waals surface area contributed by atoms with Crippen LogP contribution in [0.2, 0.25) is 0 Å². The Morgan fingerprint density at radius 3 is 2.48 bits per heavy atom. The van der Waals surface area contributed by atoms with Gasteiger partial charge in [-0.3, -0.25) is 9.59 Å². The van der Waals surface area contributed by atoms with E-state index < -0.39 is 0 Å². The Morgan fingerprint density at radius 1 is 1.16 bits per heavy atom. The number of hydrogen-bond acceptors (Lipinski definition) is 2. The first-order valence-corrected chi connectivity index (χ1v) is 9.11. The lowest BCUT2D eigenvalue weighted by Crippen LogP contribution is -2.38. The van der Waals surface area contributed by atoms with Crippen LogP contribution in [0.1, 0.15) is 60.6 Å². The molecule has 25 heavy (non-hydrogen) atoms. The summed E-state index contributed by atoms with van der Waals surface area (Å²) in [7, 11) is 0. The Morgan fingerprint density at radius 2 is 1.88 bits per heavy atom. The van der Waals surface area contributed by atoms with E-state index in [4.69, 9.17) is 0 Å². The highest BCUT2D eigenvalue weighted by molar-refractivity contribution is 5.95. The van der Waals surface area contributed by atoms with E-state index in [9.17, 15) is 9.59 Å². The minimum absolute atomic E-state index is 0.00991. The number of nitrogens with zero attached hydrogens (tertiary/aromatic N) is 1. The van der Waals surface area contributed by atoms with Gasteiger partial charge < -0.3 is 9.88 Å². The summed E-state index contributed by atoms with van der Waals surface area (Å²) in [5.74, 6) is 0.698. The molecule has 2 aromatic rings. The van der Waals surface area contributed by atoms with Gasteiger partial charge in [-0.25, -0.2) is 0 Å². The third-order valence-corrected chi connectivity index (χ3v) is 4.96. The van der Waals surface area contributed by atoms with Crippen LogP contribution in [0.15, 0.2) is 47.3 Å². The van der Waals surface area contributed by atoms with Crippen molar-refractivity contribution in [2.24, 2.45) is 5.92 Å². The molecule has 1 saturated carbocycles. The highest BCUT2D eigenvalue weighted by Gasteiger charge is 2.26. The molecule has 1 amide bonds. The summed E-state index contributed by atoms with van der Waals surface area (Å²) in [5, 5.41) is 0. The summed E-state index contributed by atoms with van der Waals surface area (Å²) in [6.45, 7) is 5.38. The smallest absolute Gasteiger partial charge is 0.255 e. The van der Waals surface area contributed by atoms with Crippen molar-refractivity contribution in [1.82, 2.24) is 9.88 Å². The lowest BCUT2D eigenvalue weighted by Gasteiger charge is -2.33. The Labute approximate surface area is 148 Å². The minimum Gasteiger partial charge on any atom is -0.334 e. The maximum absolute atomic E-state index is 13.3. The lowest BCUT2D eigenvalue weighted by molar-refractivity contribution is 0.0677. The molecular weight excluding hydrogens is 312 g/mol. The predicted molar refractivity (Wildman–Crippen MR) is 99.7 cm³/mol. The second-order valence-electron chi connectivity index (χ2n) is 7.27. The number of carbonyl (C=O) groups excluding carboxylic acids is 1. The fourth-order valence-corrected chi connectivity index (χ4v) is 3.31. The van der Waals surface area contributed by atoms with Crippen LogP contribution in [0.4, 0.5) is 0 Å². The number of pyridine rings is 1. The van der Waals surface area contributed by atoms with Crippen LogP contribution in [-0.2, 0) is 6.54 Å². The number of aromatic amines is 1. The van der Waals surface area contributed by atoms with Crippen molar-refractivity contribution in [1.29, 1.82) is 0 Å². The quantitative estimate of drug-likeness (QED) is 0.867. The highest BCUT2D eigenvalue weighted by Crippen LogP contribution is 2.28. The largest absolute Gasteiger partial charge is 0.334 e. The minimum atomic E-state index is -0.158. The molecule has 0 aliphatic heterocycles. The molecule has 1 heterocycles. The molecule has 0 radical (unpaired) electrons. The van der Waals surface area contributed by atoms with Gasteiger partial charge in [-0.05, 0) is 36.3 Å². The molecule has 3 rings (SSSR count). The molecule has 4 heteroatoms. The van der Waals surface area contributed by atoms with Gasteiger partial charge in [0.05, 0.1) is 5.56 Å². The van der Waals surface area contributed by atoms with Crippen molar-refractivity contribution in [3.05, 3.63) is 69.6 Å². The Hall–Kier alpha value is -2.36. The predicted octanol–water partition coefficient (Wildman–Crippen LogP) is 3.94. The monoisotopic (exact) mass is 338 g/mol. The van der Waals surface area contributed by atoms with Crippen molar-refractivity contribution in [3.63, 3.8) is 0 Å². The highest BCUT2D eigenvalue weighted by atomic mass is 16.2. The molecule has 0 bridgehead atoms. The molecule has 1 aromatic heterocycles. The van der Waals surface area contributed by atoms with Crippen LogP contribution in [0.3, 0.4) is 0 Å². The third kappa shape index (κ3) is 4.19. The average molecular weight is 338 g/mol. The van der Waals surface area contributed by atoms with Crippen LogP contribution in [0.5, 0.6) is 0 Å². The first kappa shape index (κ1) is 17.5. The normalized spacial score (nSPS) is 14.4. The van der Waals surface area contributed by atoms with Crippen LogP contribution in [0.25, 0.3) is 0 Å². The van der Waals surface area contributed by atoms with Gasteiger partial charge >= 0.3 is 0 Å². The van der Waals surface area contributed by atoms with Gasteiger partial charge in [0.15, 0.2) is 0 Å². The van der Waals surface area contributed by atoms with E-state index in [2.05, 4.69) is 17.1 Å².